The van der Waals surface area contributed by atoms with Crippen LogP contribution in [0.5, 0.6) is 5.75 Å². The molecule has 0 aliphatic rings. The Kier molecular flexibility index (Phi) is 6.82. The molecule has 5 nitrogen and oxygen atoms in total. The summed E-state index contributed by atoms with van der Waals surface area (Å²) in [5, 5.41) is 5.09. The van der Waals surface area contributed by atoms with Crippen molar-refractivity contribution in [3.8, 4) is 5.75 Å². The van der Waals surface area contributed by atoms with Crippen molar-refractivity contribution in [2.45, 2.75) is 20.0 Å². The number of aryl methyl sites for hydroxylation is 2. The number of benzene rings is 3. The van der Waals surface area contributed by atoms with E-state index in [2.05, 4.69) is 10.6 Å². The quantitative estimate of drug-likeness (QED) is 0.523. The van der Waals surface area contributed by atoms with Crippen LogP contribution in [-0.2, 0) is 11.0 Å². The van der Waals surface area contributed by atoms with E-state index < -0.39 is 17.6 Å². The van der Waals surface area contributed by atoms with Crippen LogP contribution in [-0.4, -0.2) is 18.4 Å². The number of carbonyl (C=O) groups is 2. The van der Waals surface area contributed by atoms with E-state index in [-0.39, 0.29) is 23.8 Å². The molecule has 2 amide bonds. The molecule has 0 saturated carbocycles. The first-order chi connectivity index (χ1) is 15.1. The third-order valence-electron chi connectivity index (χ3n) is 4.73. The second-order valence-corrected chi connectivity index (χ2v) is 7.19. The van der Waals surface area contributed by atoms with Crippen LogP contribution in [0.1, 0.15) is 27.0 Å². The molecule has 0 aliphatic heterocycles. The fourth-order valence-corrected chi connectivity index (χ4v) is 2.83. The van der Waals surface area contributed by atoms with Gasteiger partial charge in [-0.05, 0) is 79.6 Å². The van der Waals surface area contributed by atoms with E-state index in [9.17, 15) is 22.8 Å². The molecule has 0 saturated heterocycles. The van der Waals surface area contributed by atoms with Gasteiger partial charge in [-0.1, -0.05) is 12.1 Å². The summed E-state index contributed by atoms with van der Waals surface area (Å²) in [5.41, 5.74) is 2.05. The maximum atomic E-state index is 12.8. The van der Waals surface area contributed by atoms with Crippen molar-refractivity contribution < 1.29 is 27.5 Å². The molecule has 0 aromatic heterocycles. The zero-order valence-corrected chi connectivity index (χ0v) is 17.4. The van der Waals surface area contributed by atoms with Gasteiger partial charge in [0.2, 0.25) is 0 Å². The molecule has 166 valence electrons. The van der Waals surface area contributed by atoms with Gasteiger partial charge in [0.25, 0.3) is 11.8 Å². The Morgan fingerprint density at radius 2 is 1.56 bits per heavy atom. The molecule has 0 radical (unpaired) electrons. The van der Waals surface area contributed by atoms with Crippen molar-refractivity contribution in [1.29, 1.82) is 0 Å². The fraction of sp³-hybridized carbons (Fsp3) is 0.167. The molecule has 0 unspecified atom stereocenters. The monoisotopic (exact) mass is 442 g/mol. The summed E-state index contributed by atoms with van der Waals surface area (Å²) < 4.78 is 43.9. The molecule has 2 N–H and O–H groups in total. The Morgan fingerprint density at radius 1 is 0.844 bits per heavy atom. The third-order valence-corrected chi connectivity index (χ3v) is 4.73. The van der Waals surface area contributed by atoms with E-state index in [4.69, 9.17) is 4.74 Å². The minimum atomic E-state index is -4.50. The van der Waals surface area contributed by atoms with Crippen LogP contribution >= 0.6 is 0 Å². The molecule has 3 aromatic rings. The van der Waals surface area contributed by atoms with Gasteiger partial charge in [0, 0.05) is 16.9 Å². The Bertz CT molecular complexity index is 1130. The van der Waals surface area contributed by atoms with E-state index >= 15 is 0 Å². The zero-order valence-electron chi connectivity index (χ0n) is 17.4. The molecule has 3 aromatic carbocycles. The van der Waals surface area contributed by atoms with Gasteiger partial charge in [0.1, 0.15) is 5.75 Å². The van der Waals surface area contributed by atoms with E-state index in [1.807, 2.05) is 26.0 Å². The molecule has 0 heterocycles. The SMILES string of the molecule is Cc1ccc(OCC(=O)Nc2ccc(C(=O)Nc3cccc(C(F)(F)F)c3)cc2)cc1C. The van der Waals surface area contributed by atoms with Crippen molar-refractivity contribution in [3.63, 3.8) is 0 Å². The van der Waals surface area contributed by atoms with Gasteiger partial charge in [0.15, 0.2) is 6.61 Å². The molecule has 0 spiro atoms. The van der Waals surface area contributed by atoms with Crippen molar-refractivity contribution in [2.24, 2.45) is 0 Å². The van der Waals surface area contributed by atoms with Gasteiger partial charge in [-0.2, -0.15) is 13.2 Å². The van der Waals surface area contributed by atoms with Crippen molar-refractivity contribution in [1.82, 2.24) is 0 Å². The molecule has 0 fully saturated rings. The maximum absolute atomic E-state index is 12.8. The maximum Gasteiger partial charge on any atom is 0.416 e. The van der Waals surface area contributed by atoms with Crippen molar-refractivity contribution in [2.75, 3.05) is 17.2 Å². The van der Waals surface area contributed by atoms with E-state index in [0.717, 1.165) is 23.3 Å². The number of halogens is 3. The Balaban J connectivity index is 1.55. The first-order valence-electron chi connectivity index (χ1n) is 9.70. The largest absolute Gasteiger partial charge is 0.484 e. The number of hydrogen-bond donors (Lipinski definition) is 2. The first kappa shape index (κ1) is 22.9. The minimum Gasteiger partial charge on any atom is -0.484 e. The summed E-state index contributed by atoms with van der Waals surface area (Å²) in [6, 6.07) is 15.9. The normalized spacial score (nSPS) is 11.0. The summed E-state index contributed by atoms with van der Waals surface area (Å²) >= 11 is 0. The second-order valence-electron chi connectivity index (χ2n) is 7.19. The van der Waals surface area contributed by atoms with E-state index in [1.54, 1.807) is 6.07 Å². The van der Waals surface area contributed by atoms with Gasteiger partial charge >= 0.3 is 6.18 Å². The Hall–Kier alpha value is -3.81. The van der Waals surface area contributed by atoms with Crippen LogP contribution in [0.25, 0.3) is 0 Å². The zero-order chi connectivity index (χ0) is 23.3. The molecule has 3 rings (SSSR count). The summed E-state index contributed by atoms with van der Waals surface area (Å²) in [5.74, 6) is -0.352. The van der Waals surface area contributed by atoms with Crippen LogP contribution in [0.3, 0.4) is 0 Å². The minimum absolute atomic E-state index is 0.0331. The summed E-state index contributed by atoms with van der Waals surface area (Å²) in [6.45, 7) is 3.75. The highest BCUT2D eigenvalue weighted by atomic mass is 19.4. The molecule has 32 heavy (non-hydrogen) atoms. The Morgan fingerprint density at radius 3 is 2.22 bits per heavy atom. The average Bonchev–Trinajstić information content (AvgIpc) is 2.74. The molecule has 8 heteroatoms. The predicted molar refractivity (Wildman–Crippen MR) is 116 cm³/mol. The van der Waals surface area contributed by atoms with Gasteiger partial charge in [-0.3, -0.25) is 9.59 Å². The highest BCUT2D eigenvalue weighted by Gasteiger charge is 2.30. The molecule has 0 bridgehead atoms. The summed E-state index contributed by atoms with van der Waals surface area (Å²) in [6.07, 6.45) is -4.50. The van der Waals surface area contributed by atoms with Crippen molar-refractivity contribution >= 4 is 23.2 Å². The lowest BCUT2D eigenvalue weighted by molar-refractivity contribution is -0.137. The molecule has 0 aliphatic carbocycles. The first-order valence-corrected chi connectivity index (χ1v) is 9.70. The van der Waals surface area contributed by atoms with Crippen LogP contribution in [0, 0.1) is 13.8 Å². The molecular formula is C24H21F3N2O3. The summed E-state index contributed by atoms with van der Waals surface area (Å²) in [7, 11) is 0. The number of ether oxygens (including phenoxy) is 1. The lowest BCUT2D eigenvalue weighted by atomic mass is 10.1. The van der Waals surface area contributed by atoms with Gasteiger partial charge in [0.05, 0.1) is 5.56 Å². The topological polar surface area (TPSA) is 67.4 Å². The third kappa shape index (κ3) is 6.10. The summed E-state index contributed by atoms with van der Waals surface area (Å²) in [4.78, 5) is 24.4. The lowest BCUT2D eigenvalue weighted by Gasteiger charge is -2.11. The highest BCUT2D eigenvalue weighted by molar-refractivity contribution is 6.04. The fourth-order valence-electron chi connectivity index (χ4n) is 2.83. The lowest BCUT2D eigenvalue weighted by Crippen LogP contribution is -2.20. The number of rotatable bonds is 6. The van der Waals surface area contributed by atoms with Gasteiger partial charge in [-0.15, -0.1) is 0 Å². The van der Waals surface area contributed by atoms with Gasteiger partial charge in [-0.25, -0.2) is 0 Å². The number of hydrogen-bond acceptors (Lipinski definition) is 3. The van der Waals surface area contributed by atoms with Crippen LogP contribution in [0.4, 0.5) is 24.5 Å². The number of amides is 2. The van der Waals surface area contributed by atoms with E-state index in [0.29, 0.717) is 11.4 Å². The van der Waals surface area contributed by atoms with Crippen LogP contribution < -0.4 is 15.4 Å². The second kappa shape index (κ2) is 9.55. The number of nitrogens with one attached hydrogen (secondary N) is 2. The molecule has 0 atom stereocenters. The highest BCUT2D eigenvalue weighted by Crippen LogP contribution is 2.30. The van der Waals surface area contributed by atoms with Crippen LogP contribution in [0.15, 0.2) is 66.7 Å². The predicted octanol–water partition coefficient (Wildman–Crippen LogP) is 5.59. The number of alkyl halides is 3. The van der Waals surface area contributed by atoms with Gasteiger partial charge < -0.3 is 15.4 Å². The van der Waals surface area contributed by atoms with Crippen molar-refractivity contribution in [3.05, 3.63) is 89.0 Å². The Labute approximate surface area is 183 Å². The van der Waals surface area contributed by atoms with E-state index in [1.165, 1.54) is 36.4 Å². The molecular weight excluding hydrogens is 421 g/mol. The smallest absolute Gasteiger partial charge is 0.416 e. The number of carbonyl (C=O) groups excluding carboxylic acids is 2. The van der Waals surface area contributed by atoms with Crippen LogP contribution in [0.2, 0.25) is 0 Å². The standard InChI is InChI=1S/C24H21F3N2O3/c1-15-6-11-21(12-16(15)2)32-14-22(30)28-19-9-7-17(8-10-19)23(31)29-20-5-3-4-18(13-20)24(25,26)27/h3-13H,14H2,1-2H3,(H,28,30)(H,29,31). The number of anilines is 2. The average molecular weight is 442 g/mol.